The van der Waals surface area contributed by atoms with E-state index in [4.69, 9.17) is 10.2 Å². The number of hydrogen-bond acceptors (Lipinski definition) is 2. The second kappa shape index (κ2) is 6.44. The standard InChI is InChI=1S/C4H4O4.K/c5-3(6)1-2-4(7)8;/h1-2H,(H,5,6)(H,7,8);/b2-1-;. The van der Waals surface area contributed by atoms with Crippen molar-refractivity contribution in [2.24, 2.45) is 0 Å². The largest absolute Gasteiger partial charge is 0.478 e. The summed E-state index contributed by atoms with van der Waals surface area (Å²) in [6.45, 7) is 0. The van der Waals surface area contributed by atoms with Crippen LogP contribution in [0.3, 0.4) is 0 Å². The summed E-state index contributed by atoms with van der Waals surface area (Å²) in [6.07, 6.45) is 1.12. The molecule has 0 rings (SSSR count). The monoisotopic (exact) mass is 155 g/mol. The van der Waals surface area contributed by atoms with Crippen molar-refractivity contribution >= 4 is 63.3 Å². The van der Waals surface area contributed by atoms with Crippen LogP contribution < -0.4 is 0 Å². The van der Waals surface area contributed by atoms with Gasteiger partial charge in [0.2, 0.25) is 0 Å². The molecule has 0 atom stereocenters. The van der Waals surface area contributed by atoms with Crippen LogP contribution in [-0.2, 0) is 9.59 Å². The van der Waals surface area contributed by atoms with Gasteiger partial charge in [0.15, 0.2) is 0 Å². The minimum atomic E-state index is -1.26. The molecule has 0 amide bonds. The third kappa shape index (κ3) is 11.7. The molecule has 4 nitrogen and oxygen atoms in total. The van der Waals surface area contributed by atoms with Gasteiger partial charge in [-0.05, 0) is 0 Å². The van der Waals surface area contributed by atoms with Crippen LogP contribution in [0.5, 0.6) is 0 Å². The summed E-state index contributed by atoms with van der Waals surface area (Å²) in [5.74, 6) is -2.51. The fraction of sp³-hybridized carbons (Fsp3) is 0. The maximum Gasteiger partial charge on any atom is 0.328 e. The summed E-state index contributed by atoms with van der Waals surface area (Å²) in [7, 11) is 0. The molecule has 0 saturated carbocycles. The summed E-state index contributed by atoms with van der Waals surface area (Å²) in [5.41, 5.74) is 0. The first-order valence-electron chi connectivity index (χ1n) is 1.77. The maximum atomic E-state index is 9.55. The average molecular weight is 155 g/mol. The molecule has 0 unspecified atom stereocenters. The molecule has 0 aromatic heterocycles. The first kappa shape index (κ1) is 12.0. The van der Waals surface area contributed by atoms with Gasteiger partial charge in [-0.25, -0.2) is 9.59 Å². The normalized spacial score (nSPS) is 8.44. The molecule has 0 fully saturated rings. The van der Waals surface area contributed by atoms with Gasteiger partial charge in [0, 0.05) is 63.5 Å². The summed E-state index contributed by atoms with van der Waals surface area (Å²) >= 11 is 0. The van der Waals surface area contributed by atoms with Gasteiger partial charge < -0.3 is 10.2 Å². The van der Waals surface area contributed by atoms with Gasteiger partial charge >= 0.3 is 11.9 Å². The first-order chi connectivity index (χ1) is 3.63. The van der Waals surface area contributed by atoms with E-state index in [2.05, 4.69) is 0 Å². The number of hydrogen-bond donors (Lipinski definition) is 2. The van der Waals surface area contributed by atoms with E-state index in [9.17, 15) is 9.59 Å². The number of rotatable bonds is 2. The van der Waals surface area contributed by atoms with E-state index >= 15 is 0 Å². The summed E-state index contributed by atoms with van der Waals surface area (Å²) in [6, 6.07) is 0. The molecule has 5 heteroatoms. The molecule has 0 aliphatic carbocycles. The SMILES string of the molecule is O=C(O)/C=C\C(=O)O.[K]. The Morgan fingerprint density at radius 1 is 1.00 bits per heavy atom. The quantitative estimate of drug-likeness (QED) is 0.409. The van der Waals surface area contributed by atoms with Crippen LogP contribution in [0, 0.1) is 0 Å². The van der Waals surface area contributed by atoms with Gasteiger partial charge in [-0.2, -0.15) is 0 Å². The molecule has 2 N–H and O–H groups in total. The number of carboxylic acid groups (broad SMARTS) is 2. The molecular weight excluding hydrogens is 151 g/mol. The van der Waals surface area contributed by atoms with Crippen molar-refractivity contribution in [2.45, 2.75) is 0 Å². The van der Waals surface area contributed by atoms with E-state index in [-0.39, 0.29) is 51.4 Å². The van der Waals surface area contributed by atoms with Crippen molar-refractivity contribution < 1.29 is 19.8 Å². The Balaban J connectivity index is 0. The smallest absolute Gasteiger partial charge is 0.328 e. The van der Waals surface area contributed by atoms with Crippen LogP contribution in [0.2, 0.25) is 0 Å². The molecule has 45 valence electrons. The van der Waals surface area contributed by atoms with Gasteiger partial charge in [0.05, 0.1) is 0 Å². The minimum absolute atomic E-state index is 0. The van der Waals surface area contributed by atoms with Crippen LogP contribution >= 0.6 is 0 Å². The van der Waals surface area contributed by atoms with Crippen molar-refractivity contribution in [1.82, 2.24) is 0 Å². The summed E-state index contributed by atoms with van der Waals surface area (Å²) in [4.78, 5) is 19.1. The van der Waals surface area contributed by atoms with E-state index in [1.54, 1.807) is 0 Å². The average Bonchev–Trinajstić information content (AvgIpc) is 1.61. The topological polar surface area (TPSA) is 74.6 Å². The second-order valence-corrected chi connectivity index (χ2v) is 1.01. The van der Waals surface area contributed by atoms with Gasteiger partial charge in [0.1, 0.15) is 0 Å². The molecule has 1 radical (unpaired) electrons. The summed E-state index contributed by atoms with van der Waals surface area (Å²) < 4.78 is 0. The predicted molar refractivity (Wildman–Crippen MR) is 30.2 cm³/mol. The zero-order chi connectivity index (χ0) is 6.57. The third-order valence-electron chi connectivity index (χ3n) is 0.368. The van der Waals surface area contributed by atoms with Crippen LogP contribution in [0.1, 0.15) is 0 Å². The maximum absolute atomic E-state index is 9.55. The fourth-order valence-corrected chi connectivity index (χ4v) is 0.143. The number of aliphatic carboxylic acids is 2. The molecular formula is C4H4KO4. The molecule has 0 heterocycles. The van der Waals surface area contributed by atoms with Crippen LogP contribution in [0.25, 0.3) is 0 Å². The first-order valence-corrected chi connectivity index (χ1v) is 1.77. The Morgan fingerprint density at radius 2 is 1.22 bits per heavy atom. The van der Waals surface area contributed by atoms with E-state index in [1.165, 1.54) is 0 Å². The molecule has 0 aromatic rings. The predicted octanol–water partition coefficient (Wildman–Crippen LogP) is -0.669. The molecule has 0 spiro atoms. The molecule has 0 aromatic carbocycles. The molecule has 0 saturated heterocycles. The second-order valence-electron chi connectivity index (χ2n) is 1.01. The van der Waals surface area contributed by atoms with Gasteiger partial charge in [0.25, 0.3) is 0 Å². The third-order valence-corrected chi connectivity index (χ3v) is 0.368. The van der Waals surface area contributed by atoms with Gasteiger partial charge in [-0.3, -0.25) is 0 Å². The summed E-state index contributed by atoms with van der Waals surface area (Å²) in [5, 5.41) is 15.6. The van der Waals surface area contributed by atoms with Crippen molar-refractivity contribution in [2.75, 3.05) is 0 Å². The van der Waals surface area contributed by atoms with E-state index in [1.807, 2.05) is 0 Å². The van der Waals surface area contributed by atoms with Crippen molar-refractivity contribution in [3.8, 4) is 0 Å². The van der Waals surface area contributed by atoms with Crippen molar-refractivity contribution in [1.29, 1.82) is 0 Å². The Hall–Kier alpha value is 0.316. The van der Waals surface area contributed by atoms with Crippen molar-refractivity contribution in [3.05, 3.63) is 12.2 Å². The molecule has 0 bridgehead atoms. The number of carboxylic acids is 2. The Bertz CT molecular complexity index is 124. The van der Waals surface area contributed by atoms with Crippen LogP contribution in [0.4, 0.5) is 0 Å². The molecule has 9 heavy (non-hydrogen) atoms. The fourth-order valence-electron chi connectivity index (χ4n) is 0.143. The van der Waals surface area contributed by atoms with Gasteiger partial charge in [-0.1, -0.05) is 0 Å². The Labute approximate surface area is 94.0 Å². The van der Waals surface area contributed by atoms with Crippen molar-refractivity contribution in [3.63, 3.8) is 0 Å². The number of carbonyl (C=O) groups is 2. The van der Waals surface area contributed by atoms with E-state index in [0.717, 1.165) is 0 Å². The Morgan fingerprint density at radius 3 is 1.33 bits per heavy atom. The minimum Gasteiger partial charge on any atom is -0.478 e. The zero-order valence-electron chi connectivity index (χ0n) is 4.87. The van der Waals surface area contributed by atoms with E-state index in [0.29, 0.717) is 12.2 Å². The Kier molecular flexibility index (Phi) is 8.61. The van der Waals surface area contributed by atoms with Crippen LogP contribution in [0.15, 0.2) is 12.2 Å². The molecule has 0 aliphatic rings. The van der Waals surface area contributed by atoms with Crippen LogP contribution in [-0.4, -0.2) is 73.5 Å². The van der Waals surface area contributed by atoms with E-state index < -0.39 is 11.9 Å². The molecule has 0 aliphatic heterocycles. The zero-order valence-corrected chi connectivity index (χ0v) is 7.99. The van der Waals surface area contributed by atoms with Gasteiger partial charge in [-0.15, -0.1) is 0 Å².